The van der Waals surface area contributed by atoms with Crippen molar-refractivity contribution in [1.29, 1.82) is 0 Å². The highest BCUT2D eigenvalue weighted by Gasteiger charge is 2.35. The van der Waals surface area contributed by atoms with E-state index in [1.807, 2.05) is 0 Å². The van der Waals surface area contributed by atoms with E-state index in [1.54, 1.807) is 12.0 Å². The summed E-state index contributed by atoms with van der Waals surface area (Å²) in [6.07, 6.45) is 2.21. The van der Waals surface area contributed by atoms with Crippen molar-refractivity contribution in [2.24, 2.45) is 5.73 Å². The molecule has 1 aliphatic carbocycles. The molecule has 0 aliphatic heterocycles. The number of amides is 1. The minimum atomic E-state index is -0.658. The molecule has 1 aliphatic rings. The zero-order valence-electron chi connectivity index (χ0n) is 12.0. The Hall–Kier alpha value is -1.53. The Labute approximate surface area is 122 Å². The number of rotatable bonds is 7. The second-order valence-corrected chi connectivity index (χ2v) is 5.32. The molecule has 6 heteroatoms. The van der Waals surface area contributed by atoms with Crippen LogP contribution in [0, 0.1) is 11.6 Å². The van der Waals surface area contributed by atoms with Gasteiger partial charge in [0.05, 0.1) is 6.04 Å². The van der Waals surface area contributed by atoms with Crippen molar-refractivity contribution >= 4 is 5.91 Å². The molecule has 0 aromatic heterocycles. The molecular weight excluding hydrogens is 278 g/mol. The van der Waals surface area contributed by atoms with E-state index in [2.05, 4.69) is 0 Å². The predicted molar refractivity (Wildman–Crippen MR) is 74.4 cm³/mol. The molecule has 0 saturated heterocycles. The van der Waals surface area contributed by atoms with Gasteiger partial charge in [-0.25, -0.2) is 8.78 Å². The van der Waals surface area contributed by atoms with E-state index in [-0.39, 0.29) is 18.5 Å². The van der Waals surface area contributed by atoms with Crippen LogP contribution in [0.15, 0.2) is 18.2 Å². The maximum absolute atomic E-state index is 13.7. The molecule has 2 rings (SSSR count). The van der Waals surface area contributed by atoms with E-state index in [0.717, 1.165) is 18.9 Å². The van der Waals surface area contributed by atoms with Crippen LogP contribution in [0.3, 0.4) is 0 Å². The molecule has 1 saturated carbocycles. The van der Waals surface area contributed by atoms with Crippen molar-refractivity contribution in [3.8, 4) is 0 Å². The number of hydrogen-bond acceptors (Lipinski definition) is 3. The molecule has 116 valence electrons. The van der Waals surface area contributed by atoms with E-state index in [1.165, 1.54) is 12.1 Å². The molecule has 4 nitrogen and oxygen atoms in total. The van der Waals surface area contributed by atoms with E-state index >= 15 is 0 Å². The van der Waals surface area contributed by atoms with Crippen LogP contribution in [-0.4, -0.2) is 36.6 Å². The second kappa shape index (κ2) is 6.95. The van der Waals surface area contributed by atoms with Crippen LogP contribution in [0.2, 0.25) is 0 Å². The highest BCUT2D eigenvalue weighted by atomic mass is 19.1. The van der Waals surface area contributed by atoms with Crippen molar-refractivity contribution in [2.75, 3.05) is 13.7 Å². The standard InChI is InChI=1S/C15H20F2N2O2/c1-21-7-6-14(18)15(20)19(12-4-5-12)9-10-2-3-11(16)8-13(10)17/h2-3,8,12,14H,4-7,9,18H2,1H3. The quantitative estimate of drug-likeness (QED) is 0.835. The largest absolute Gasteiger partial charge is 0.385 e. The molecule has 1 unspecified atom stereocenters. The summed E-state index contributed by atoms with van der Waals surface area (Å²) in [5.74, 6) is -1.48. The lowest BCUT2D eigenvalue weighted by molar-refractivity contribution is -0.134. The first-order chi connectivity index (χ1) is 10.0. The zero-order valence-corrected chi connectivity index (χ0v) is 12.0. The van der Waals surface area contributed by atoms with Crippen LogP contribution in [0.25, 0.3) is 0 Å². The number of carbonyl (C=O) groups excluding carboxylic acids is 1. The summed E-state index contributed by atoms with van der Waals surface area (Å²) in [6.45, 7) is 0.520. The van der Waals surface area contributed by atoms with Gasteiger partial charge in [0.25, 0.3) is 0 Å². The average Bonchev–Trinajstić information content (AvgIpc) is 3.27. The highest BCUT2D eigenvalue weighted by molar-refractivity contribution is 5.82. The van der Waals surface area contributed by atoms with E-state index < -0.39 is 17.7 Å². The Balaban J connectivity index is 2.07. The Morgan fingerprint density at radius 1 is 1.48 bits per heavy atom. The third-order valence-corrected chi connectivity index (χ3v) is 3.58. The first kappa shape index (κ1) is 15.9. The third kappa shape index (κ3) is 4.22. The lowest BCUT2D eigenvalue weighted by Crippen LogP contribution is -2.45. The fourth-order valence-electron chi connectivity index (χ4n) is 2.19. The molecule has 21 heavy (non-hydrogen) atoms. The third-order valence-electron chi connectivity index (χ3n) is 3.58. The minimum Gasteiger partial charge on any atom is -0.385 e. The summed E-state index contributed by atoms with van der Waals surface area (Å²) in [5.41, 5.74) is 6.16. The summed E-state index contributed by atoms with van der Waals surface area (Å²) in [7, 11) is 1.55. The van der Waals surface area contributed by atoms with E-state index in [0.29, 0.717) is 18.6 Å². The van der Waals surface area contributed by atoms with Gasteiger partial charge >= 0.3 is 0 Å². The van der Waals surface area contributed by atoms with Crippen LogP contribution in [0.1, 0.15) is 24.8 Å². The Morgan fingerprint density at radius 2 is 2.19 bits per heavy atom. The van der Waals surface area contributed by atoms with E-state index in [4.69, 9.17) is 10.5 Å². The second-order valence-electron chi connectivity index (χ2n) is 5.32. The molecule has 0 spiro atoms. The maximum Gasteiger partial charge on any atom is 0.240 e. The van der Waals surface area contributed by atoms with Gasteiger partial charge in [-0.2, -0.15) is 0 Å². The van der Waals surface area contributed by atoms with Gasteiger partial charge in [0.1, 0.15) is 11.6 Å². The number of hydrogen-bond donors (Lipinski definition) is 1. The molecule has 2 N–H and O–H groups in total. The molecule has 0 heterocycles. The zero-order chi connectivity index (χ0) is 15.4. The van der Waals surface area contributed by atoms with Gasteiger partial charge < -0.3 is 15.4 Å². The van der Waals surface area contributed by atoms with Gasteiger partial charge in [-0.15, -0.1) is 0 Å². The number of ether oxygens (including phenoxy) is 1. The van der Waals surface area contributed by atoms with Gasteiger partial charge in [-0.3, -0.25) is 4.79 Å². The normalized spacial score (nSPS) is 15.8. The molecule has 1 fully saturated rings. The Kier molecular flexibility index (Phi) is 5.25. The Bertz CT molecular complexity index is 506. The highest BCUT2D eigenvalue weighted by Crippen LogP contribution is 2.29. The van der Waals surface area contributed by atoms with Gasteiger partial charge in [0.15, 0.2) is 0 Å². The fourth-order valence-corrected chi connectivity index (χ4v) is 2.19. The number of carbonyl (C=O) groups is 1. The van der Waals surface area contributed by atoms with Crippen LogP contribution < -0.4 is 5.73 Å². The van der Waals surface area contributed by atoms with Crippen LogP contribution in [0.4, 0.5) is 8.78 Å². The molecule has 0 bridgehead atoms. The predicted octanol–water partition coefficient (Wildman–Crippen LogP) is 1.82. The fraction of sp³-hybridized carbons (Fsp3) is 0.533. The summed E-state index contributed by atoms with van der Waals surface area (Å²) in [5, 5.41) is 0. The van der Waals surface area contributed by atoms with Gasteiger partial charge in [-0.1, -0.05) is 6.07 Å². The summed E-state index contributed by atoms with van der Waals surface area (Å²) in [4.78, 5) is 14.0. The van der Waals surface area contributed by atoms with Crippen LogP contribution in [-0.2, 0) is 16.1 Å². The van der Waals surface area contributed by atoms with Crippen LogP contribution in [0.5, 0.6) is 0 Å². The lowest BCUT2D eigenvalue weighted by Gasteiger charge is -2.26. The Morgan fingerprint density at radius 3 is 2.76 bits per heavy atom. The van der Waals surface area contributed by atoms with Crippen LogP contribution >= 0.6 is 0 Å². The van der Waals surface area contributed by atoms with Gasteiger partial charge in [0.2, 0.25) is 5.91 Å². The topological polar surface area (TPSA) is 55.6 Å². The molecule has 1 aromatic rings. The monoisotopic (exact) mass is 298 g/mol. The summed E-state index contributed by atoms with van der Waals surface area (Å²) < 4.78 is 31.6. The lowest BCUT2D eigenvalue weighted by atomic mass is 10.1. The molecule has 1 aromatic carbocycles. The minimum absolute atomic E-state index is 0.107. The summed E-state index contributed by atoms with van der Waals surface area (Å²) in [6, 6.07) is 2.84. The van der Waals surface area contributed by atoms with E-state index in [9.17, 15) is 13.6 Å². The number of benzene rings is 1. The average molecular weight is 298 g/mol. The first-order valence-electron chi connectivity index (χ1n) is 7.02. The maximum atomic E-state index is 13.7. The SMILES string of the molecule is COCCC(N)C(=O)N(Cc1ccc(F)cc1F)C1CC1. The van der Waals surface area contributed by atoms with Crippen molar-refractivity contribution in [2.45, 2.75) is 37.9 Å². The van der Waals surface area contributed by atoms with Crippen molar-refractivity contribution < 1.29 is 18.3 Å². The smallest absolute Gasteiger partial charge is 0.240 e. The van der Waals surface area contributed by atoms with Crippen molar-refractivity contribution in [3.63, 3.8) is 0 Å². The first-order valence-corrected chi connectivity index (χ1v) is 7.02. The number of methoxy groups -OCH3 is 1. The number of nitrogens with two attached hydrogens (primary N) is 1. The summed E-state index contributed by atoms with van der Waals surface area (Å²) >= 11 is 0. The molecule has 1 amide bonds. The number of nitrogens with zero attached hydrogens (tertiary/aromatic N) is 1. The van der Waals surface area contributed by atoms with Gasteiger partial charge in [0, 0.05) is 37.9 Å². The van der Waals surface area contributed by atoms with Crippen molar-refractivity contribution in [3.05, 3.63) is 35.4 Å². The van der Waals surface area contributed by atoms with Gasteiger partial charge in [-0.05, 0) is 25.3 Å². The van der Waals surface area contributed by atoms with Crippen molar-refractivity contribution in [1.82, 2.24) is 4.90 Å². The molecule has 0 radical (unpaired) electrons. The molecular formula is C15H20F2N2O2. The number of halogens is 2. The molecule has 1 atom stereocenters.